The lowest BCUT2D eigenvalue weighted by Gasteiger charge is -2.21. The quantitative estimate of drug-likeness (QED) is 0.488. The van der Waals surface area contributed by atoms with E-state index in [4.69, 9.17) is 4.74 Å². The molecule has 0 amide bonds. The summed E-state index contributed by atoms with van der Waals surface area (Å²) < 4.78 is 7.29. The number of para-hydroxylation sites is 1. The molecule has 0 saturated heterocycles. The zero-order chi connectivity index (χ0) is 12.7. The van der Waals surface area contributed by atoms with E-state index in [-0.39, 0.29) is 0 Å². The van der Waals surface area contributed by atoms with Crippen LogP contribution in [0.1, 0.15) is 18.1 Å². The third-order valence-corrected chi connectivity index (χ3v) is 4.17. The molecule has 0 fully saturated rings. The number of hydrogen-bond donors (Lipinski definition) is 1. The van der Waals surface area contributed by atoms with Crippen molar-refractivity contribution in [2.75, 3.05) is 21.0 Å². The van der Waals surface area contributed by atoms with Crippen LogP contribution in [0.4, 0.5) is 5.69 Å². The second kappa shape index (κ2) is 8.53. The molecule has 0 aliphatic heterocycles. The largest absolute Gasteiger partial charge is 0.379 e. The monoisotopic (exact) mass is 459 g/mol. The fraction of sp³-hybridized carbons (Fsp3) is 0.538. The molecule has 0 heterocycles. The molecule has 1 atom stereocenters. The first-order valence-electron chi connectivity index (χ1n) is 5.77. The van der Waals surface area contributed by atoms with E-state index in [1.54, 1.807) is 0 Å². The molecule has 0 radical (unpaired) electrons. The summed E-state index contributed by atoms with van der Waals surface area (Å²) in [4.78, 5) is 0. The number of nitrogens with one attached hydrogen (secondary N) is 1. The third-order valence-electron chi connectivity index (χ3n) is 2.67. The molecular weight excluding hydrogens is 440 g/mol. The Balaban J connectivity index is 2.77. The maximum absolute atomic E-state index is 5.49. The van der Waals surface area contributed by atoms with Crippen LogP contribution in [0.25, 0.3) is 0 Å². The average Bonchev–Trinajstić information content (AvgIpc) is 2.36. The van der Waals surface area contributed by atoms with Crippen molar-refractivity contribution in [2.24, 2.45) is 0 Å². The topological polar surface area (TPSA) is 21.3 Å². The fourth-order valence-electron chi connectivity index (χ4n) is 1.75. The Hall–Kier alpha value is 0.440. The van der Waals surface area contributed by atoms with Crippen molar-refractivity contribution in [2.45, 2.75) is 26.3 Å². The van der Waals surface area contributed by atoms with Crippen molar-refractivity contribution in [1.29, 1.82) is 0 Å². The van der Waals surface area contributed by atoms with Crippen LogP contribution in [0.2, 0.25) is 0 Å². The van der Waals surface area contributed by atoms with Crippen molar-refractivity contribution in [3.8, 4) is 0 Å². The SMILES string of the molecule is CCc1cccc(C)c1N[C@H](CI)COCI. The van der Waals surface area contributed by atoms with E-state index in [9.17, 15) is 0 Å². The van der Waals surface area contributed by atoms with Crippen LogP contribution >= 0.6 is 45.2 Å². The number of aryl methyl sites for hydroxylation is 2. The van der Waals surface area contributed by atoms with Gasteiger partial charge in [-0.1, -0.05) is 70.3 Å². The number of ether oxygens (including phenoxy) is 1. The fourth-order valence-corrected chi connectivity index (χ4v) is 2.47. The molecule has 0 spiro atoms. The van der Waals surface area contributed by atoms with Gasteiger partial charge in [0.25, 0.3) is 0 Å². The Bertz CT molecular complexity index is 344. The lowest BCUT2D eigenvalue weighted by atomic mass is 10.1. The number of alkyl halides is 2. The highest BCUT2D eigenvalue weighted by atomic mass is 127. The second-order valence-electron chi connectivity index (χ2n) is 3.94. The van der Waals surface area contributed by atoms with Gasteiger partial charge in [-0.25, -0.2) is 0 Å². The van der Waals surface area contributed by atoms with Gasteiger partial charge in [0.15, 0.2) is 0 Å². The Kier molecular flexibility index (Phi) is 7.77. The molecule has 0 aliphatic rings. The van der Waals surface area contributed by atoms with E-state index in [1.165, 1.54) is 16.8 Å². The van der Waals surface area contributed by atoms with Crippen LogP contribution < -0.4 is 5.32 Å². The van der Waals surface area contributed by atoms with E-state index in [2.05, 4.69) is 82.5 Å². The summed E-state index contributed by atoms with van der Waals surface area (Å²) >= 11 is 4.64. The maximum atomic E-state index is 5.49. The normalized spacial score (nSPS) is 12.5. The predicted molar refractivity (Wildman–Crippen MR) is 91.7 cm³/mol. The van der Waals surface area contributed by atoms with Gasteiger partial charge in [0.2, 0.25) is 0 Å². The lowest BCUT2D eigenvalue weighted by molar-refractivity contribution is 0.184. The van der Waals surface area contributed by atoms with Crippen molar-refractivity contribution < 1.29 is 4.74 Å². The summed E-state index contributed by atoms with van der Waals surface area (Å²) in [7, 11) is 0. The molecule has 17 heavy (non-hydrogen) atoms. The first-order chi connectivity index (χ1) is 8.22. The first-order valence-corrected chi connectivity index (χ1v) is 8.82. The highest BCUT2D eigenvalue weighted by molar-refractivity contribution is 14.1. The predicted octanol–water partition coefficient (Wildman–Crippen LogP) is 4.18. The highest BCUT2D eigenvalue weighted by Gasteiger charge is 2.11. The molecule has 0 aromatic heterocycles. The number of hydrogen-bond acceptors (Lipinski definition) is 2. The van der Waals surface area contributed by atoms with Crippen LogP contribution in [0, 0.1) is 6.92 Å². The number of halogens is 2. The van der Waals surface area contributed by atoms with E-state index >= 15 is 0 Å². The molecule has 1 aromatic carbocycles. The summed E-state index contributed by atoms with van der Waals surface area (Å²) in [6.45, 7) is 5.12. The smallest absolute Gasteiger partial charge is 0.0980 e. The Morgan fingerprint density at radius 1 is 1.35 bits per heavy atom. The van der Waals surface area contributed by atoms with Crippen LogP contribution in [-0.2, 0) is 11.2 Å². The molecule has 0 aliphatic carbocycles. The summed E-state index contributed by atoms with van der Waals surface area (Å²) in [5, 5.41) is 3.62. The minimum atomic E-state index is 0.386. The van der Waals surface area contributed by atoms with Crippen LogP contribution in [0.5, 0.6) is 0 Å². The summed E-state index contributed by atoms with van der Waals surface area (Å²) in [6.07, 6.45) is 1.06. The van der Waals surface area contributed by atoms with Crippen molar-refractivity contribution in [1.82, 2.24) is 0 Å². The average molecular weight is 459 g/mol. The summed E-state index contributed by atoms with van der Waals surface area (Å²) in [5.74, 6) is 0. The minimum absolute atomic E-state index is 0.386. The van der Waals surface area contributed by atoms with Crippen molar-refractivity contribution in [3.63, 3.8) is 0 Å². The first kappa shape index (κ1) is 15.5. The van der Waals surface area contributed by atoms with E-state index < -0.39 is 0 Å². The van der Waals surface area contributed by atoms with Gasteiger partial charge < -0.3 is 10.1 Å². The standard InChI is InChI=1S/C13H19I2NO/c1-3-11-6-4-5-10(2)13(11)16-12(7-14)8-17-9-15/h4-6,12,16H,3,7-9H2,1-2H3/t12-/m1/s1. The van der Waals surface area contributed by atoms with E-state index in [1.807, 2.05) is 0 Å². The molecule has 4 heteroatoms. The van der Waals surface area contributed by atoms with Gasteiger partial charge in [0.1, 0.15) is 0 Å². The van der Waals surface area contributed by atoms with Crippen molar-refractivity contribution in [3.05, 3.63) is 29.3 Å². The van der Waals surface area contributed by atoms with Crippen LogP contribution in [-0.4, -0.2) is 21.7 Å². The van der Waals surface area contributed by atoms with Gasteiger partial charge in [0.05, 0.1) is 17.3 Å². The molecule has 0 bridgehead atoms. The van der Waals surface area contributed by atoms with Gasteiger partial charge in [-0.2, -0.15) is 0 Å². The number of anilines is 1. The molecule has 1 aromatic rings. The van der Waals surface area contributed by atoms with Gasteiger partial charge in [-0.15, -0.1) is 0 Å². The Labute approximate surface area is 131 Å². The Morgan fingerprint density at radius 2 is 2.12 bits per heavy atom. The van der Waals surface area contributed by atoms with Gasteiger partial charge in [0, 0.05) is 10.1 Å². The maximum Gasteiger partial charge on any atom is 0.0980 e. The van der Waals surface area contributed by atoms with Crippen LogP contribution in [0.3, 0.4) is 0 Å². The third kappa shape index (κ3) is 4.90. The van der Waals surface area contributed by atoms with Crippen LogP contribution in [0.15, 0.2) is 18.2 Å². The number of benzene rings is 1. The molecule has 1 rings (SSSR count). The highest BCUT2D eigenvalue weighted by Crippen LogP contribution is 2.22. The Morgan fingerprint density at radius 3 is 2.71 bits per heavy atom. The zero-order valence-electron chi connectivity index (χ0n) is 10.3. The summed E-state index contributed by atoms with van der Waals surface area (Å²) in [5.41, 5.74) is 3.98. The molecular formula is C13H19I2NO. The molecule has 1 N–H and O–H groups in total. The zero-order valence-corrected chi connectivity index (χ0v) is 14.6. The van der Waals surface area contributed by atoms with E-state index in [0.717, 1.165) is 22.1 Å². The lowest BCUT2D eigenvalue weighted by Crippen LogP contribution is -2.27. The molecule has 0 saturated carbocycles. The summed E-state index contributed by atoms with van der Waals surface area (Å²) in [6, 6.07) is 6.86. The second-order valence-corrected chi connectivity index (χ2v) is 5.44. The minimum Gasteiger partial charge on any atom is -0.379 e. The van der Waals surface area contributed by atoms with Gasteiger partial charge in [-0.05, 0) is 24.5 Å². The van der Waals surface area contributed by atoms with E-state index in [0.29, 0.717) is 6.04 Å². The molecule has 2 nitrogen and oxygen atoms in total. The van der Waals surface area contributed by atoms with Crippen molar-refractivity contribution >= 4 is 50.9 Å². The molecule has 96 valence electrons. The van der Waals surface area contributed by atoms with Gasteiger partial charge in [-0.3, -0.25) is 0 Å². The number of rotatable bonds is 7. The molecule has 0 unspecified atom stereocenters. The van der Waals surface area contributed by atoms with Gasteiger partial charge >= 0.3 is 0 Å².